The number of aliphatic hydroxyl groups is 1. The van der Waals surface area contributed by atoms with Crippen LogP contribution in [0.1, 0.15) is 54.4 Å². The third kappa shape index (κ3) is 7.38. The van der Waals surface area contributed by atoms with E-state index in [1.54, 1.807) is 6.07 Å². The quantitative estimate of drug-likeness (QED) is 0.287. The molecule has 2 fully saturated rings. The predicted molar refractivity (Wildman–Crippen MR) is 160 cm³/mol. The summed E-state index contributed by atoms with van der Waals surface area (Å²) in [6.45, 7) is 3.16. The van der Waals surface area contributed by atoms with Gasteiger partial charge in [0.05, 0.1) is 5.92 Å². The topological polar surface area (TPSA) is 78.8 Å². The van der Waals surface area contributed by atoms with Gasteiger partial charge in [0.2, 0.25) is 0 Å². The van der Waals surface area contributed by atoms with Gasteiger partial charge in [-0.05, 0) is 133 Å². The third-order valence-corrected chi connectivity index (χ3v) is 8.89. The van der Waals surface area contributed by atoms with Crippen LogP contribution in [0.5, 0.6) is 5.75 Å². The van der Waals surface area contributed by atoms with Crippen molar-refractivity contribution in [1.29, 1.82) is 0 Å². The molecule has 5 nitrogen and oxygen atoms in total. The van der Waals surface area contributed by atoms with Crippen LogP contribution in [0, 0.1) is 18.7 Å². The lowest BCUT2D eigenvalue weighted by atomic mass is 9.91. The second kappa shape index (κ2) is 12.6. The van der Waals surface area contributed by atoms with Crippen LogP contribution in [0.4, 0.5) is 10.1 Å². The first kappa shape index (κ1) is 28.5. The molecule has 0 radical (unpaired) electrons. The molecule has 3 aromatic rings. The summed E-state index contributed by atoms with van der Waals surface area (Å²) in [5.41, 5.74) is 7.74. The number of benzene rings is 3. The van der Waals surface area contributed by atoms with Crippen molar-refractivity contribution in [2.75, 3.05) is 23.4 Å². The average molecular weight is 564 g/mol. The smallest absolute Gasteiger partial charge is 0.306 e. The van der Waals surface area contributed by atoms with Gasteiger partial charge < -0.3 is 20.3 Å². The number of hydrogen-bond donors (Lipinski definition) is 3. The number of anilines is 1. The molecule has 0 bridgehead atoms. The molecule has 40 heavy (non-hydrogen) atoms. The van der Waals surface area contributed by atoms with Crippen molar-refractivity contribution in [3.63, 3.8) is 0 Å². The maximum atomic E-state index is 13.5. The van der Waals surface area contributed by atoms with Crippen molar-refractivity contribution in [3.05, 3.63) is 82.7 Å². The molecule has 0 unspecified atom stereocenters. The monoisotopic (exact) mass is 563 g/mol. The van der Waals surface area contributed by atoms with Crippen molar-refractivity contribution < 1.29 is 24.1 Å². The summed E-state index contributed by atoms with van der Waals surface area (Å²) >= 11 is 1.90. The van der Waals surface area contributed by atoms with E-state index in [0.717, 1.165) is 67.9 Å². The summed E-state index contributed by atoms with van der Waals surface area (Å²) in [4.78, 5) is 9.76. The number of halogens is 1. The Hall–Kier alpha value is -3.03. The number of carbonyl (C=O) groups is 1. The average Bonchev–Trinajstić information content (AvgIpc) is 3.79. The third-order valence-electron chi connectivity index (χ3n) is 7.91. The van der Waals surface area contributed by atoms with Crippen LogP contribution in [0.3, 0.4) is 0 Å². The number of rotatable bonds is 7. The van der Waals surface area contributed by atoms with Crippen molar-refractivity contribution in [2.45, 2.75) is 64.0 Å². The minimum Gasteiger partial charge on any atom is -0.491 e. The molecule has 1 saturated carbocycles. The minimum absolute atomic E-state index is 0.0185. The molecule has 3 aromatic carbocycles. The molecule has 7 heteroatoms. The molecular formula is C33H38FNO4S. The molecule has 212 valence electrons. The SMILES string of the molecule is Cc1cc(OCC2(O)CCSCC2)cc2c1-c1cc(CNc3cccc(F)c3)ccc1CCC2.O=C(O)C1CC1. The Bertz CT molecular complexity index is 1350. The number of carboxylic acids is 1. The van der Waals surface area contributed by atoms with Gasteiger partial charge in [-0.1, -0.05) is 18.2 Å². The van der Waals surface area contributed by atoms with Gasteiger partial charge in [0.15, 0.2) is 0 Å². The molecule has 0 atom stereocenters. The lowest BCUT2D eigenvalue weighted by Crippen LogP contribution is -2.39. The van der Waals surface area contributed by atoms with Gasteiger partial charge in [0.1, 0.15) is 23.8 Å². The molecule has 1 heterocycles. The van der Waals surface area contributed by atoms with Crippen molar-refractivity contribution >= 4 is 23.4 Å². The molecule has 0 aromatic heterocycles. The molecular weight excluding hydrogens is 525 g/mol. The molecule has 1 saturated heterocycles. The Morgan fingerprint density at radius 2 is 1.85 bits per heavy atom. The van der Waals surface area contributed by atoms with E-state index in [2.05, 4.69) is 42.6 Å². The highest BCUT2D eigenvalue weighted by molar-refractivity contribution is 7.99. The van der Waals surface area contributed by atoms with Crippen LogP contribution in [0.15, 0.2) is 54.6 Å². The highest BCUT2D eigenvalue weighted by Gasteiger charge is 2.31. The van der Waals surface area contributed by atoms with Gasteiger partial charge in [-0.3, -0.25) is 4.79 Å². The Kier molecular flexibility index (Phi) is 9.01. The standard InChI is InChI=1S/C29H32FNO2S.C4H6O2/c1-20-14-26(33-19-29(32)10-12-34-13-11-29)16-23-5-2-4-22-9-8-21(15-27(22)28(20)23)18-31-25-7-3-6-24(30)17-25;5-4(6)3-1-2-3/h3,6-9,14-17,31-32H,2,4-5,10-13,18-19H2,1H3;3H,1-2H2,(H,5,6). The van der Waals surface area contributed by atoms with Crippen molar-refractivity contribution in [3.8, 4) is 16.9 Å². The summed E-state index contributed by atoms with van der Waals surface area (Å²) in [6, 6.07) is 17.6. The molecule has 6 rings (SSSR count). The van der Waals surface area contributed by atoms with E-state index in [4.69, 9.17) is 9.84 Å². The van der Waals surface area contributed by atoms with Crippen LogP contribution in [0.25, 0.3) is 11.1 Å². The number of ether oxygens (including phenoxy) is 1. The fraction of sp³-hybridized carbons (Fsp3) is 0.424. The maximum Gasteiger partial charge on any atom is 0.306 e. The van der Waals surface area contributed by atoms with Crippen molar-refractivity contribution in [1.82, 2.24) is 0 Å². The van der Waals surface area contributed by atoms with Gasteiger partial charge in [0.25, 0.3) is 0 Å². The van der Waals surface area contributed by atoms with Crippen LogP contribution in [0.2, 0.25) is 0 Å². The lowest BCUT2D eigenvalue weighted by molar-refractivity contribution is -0.138. The van der Waals surface area contributed by atoms with Gasteiger partial charge >= 0.3 is 5.97 Å². The molecule has 3 N–H and O–H groups in total. The van der Waals surface area contributed by atoms with E-state index < -0.39 is 11.6 Å². The lowest BCUT2D eigenvalue weighted by Gasteiger charge is -2.31. The Morgan fingerprint density at radius 3 is 2.55 bits per heavy atom. The van der Waals surface area contributed by atoms with E-state index in [1.807, 2.05) is 17.8 Å². The Labute approximate surface area is 240 Å². The molecule has 0 spiro atoms. The molecule has 3 aliphatic rings. The van der Waals surface area contributed by atoms with E-state index in [9.17, 15) is 14.3 Å². The number of aliphatic carboxylic acids is 1. The van der Waals surface area contributed by atoms with E-state index in [-0.39, 0.29) is 11.7 Å². The van der Waals surface area contributed by atoms with Gasteiger partial charge in [-0.25, -0.2) is 4.39 Å². The summed E-state index contributed by atoms with van der Waals surface area (Å²) < 4.78 is 19.7. The van der Waals surface area contributed by atoms with Gasteiger partial charge in [-0.2, -0.15) is 11.8 Å². The number of fused-ring (bicyclic) bond motifs is 3. The fourth-order valence-electron chi connectivity index (χ4n) is 5.39. The van der Waals surface area contributed by atoms with E-state index in [0.29, 0.717) is 13.2 Å². The summed E-state index contributed by atoms with van der Waals surface area (Å²) in [5.74, 6) is 2.01. The highest BCUT2D eigenvalue weighted by Crippen LogP contribution is 2.38. The zero-order valence-electron chi connectivity index (χ0n) is 23.0. The van der Waals surface area contributed by atoms with Crippen LogP contribution < -0.4 is 10.1 Å². The summed E-state index contributed by atoms with van der Waals surface area (Å²) in [6.07, 6.45) is 6.55. The zero-order valence-corrected chi connectivity index (χ0v) is 23.9. The summed E-state index contributed by atoms with van der Waals surface area (Å²) in [5, 5.41) is 22.2. The first-order valence-corrected chi connectivity index (χ1v) is 15.4. The highest BCUT2D eigenvalue weighted by atomic mass is 32.2. The molecule has 2 aliphatic carbocycles. The number of hydrogen-bond acceptors (Lipinski definition) is 5. The van der Waals surface area contributed by atoms with Crippen LogP contribution >= 0.6 is 11.8 Å². The molecule has 0 amide bonds. The normalized spacial score (nSPS) is 17.4. The first-order chi connectivity index (χ1) is 19.3. The molecule has 1 aliphatic heterocycles. The number of thioether (sulfide) groups is 1. The van der Waals surface area contributed by atoms with Crippen molar-refractivity contribution in [2.24, 2.45) is 5.92 Å². The van der Waals surface area contributed by atoms with E-state index >= 15 is 0 Å². The van der Waals surface area contributed by atoms with Gasteiger partial charge in [-0.15, -0.1) is 0 Å². The zero-order chi connectivity index (χ0) is 28.1. The number of nitrogens with one attached hydrogen (secondary N) is 1. The Balaban J connectivity index is 0.000000477. The fourth-order valence-corrected chi connectivity index (χ4v) is 6.64. The largest absolute Gasteiger partial charge is 0.491 e. The van der Waals surface area contributed by atoms with Gasteiger partial charge in [0, 0.05) is 12.2 Å². The minimum atomic E-state index is -0.706. The maximum absolute atomic E-state index is 13.5. The van der Waals surface area contributed by atoms with Crippen LogP contribution in [-0.2, 0) is 24.2 Å². The Morgan fingerprint density at radius 1 is 1.07 bits per heavy atom. The van der Waals surface area contributed by atoms with E-state index in [1.165, 1.54) is 45.5 Å². The summed E-state index contributed by atoms with van der Waals surface area (Å²) in [7, 11) is 0. The predicted octanol–water partition coefficient (Wildman–Crippen LogP) is 7.02. The second-order valence-electron chi connectivity index (χ2n) is 11.2. The number of carboxylic acid groups (broad SMARTS) is 1. The number of aryl methyl sites for hydroxylation is 3. The van der Waals surface area contributed by atoms with Crippen LogP contribution in [-0.4, -0.2) is 39.9 Å². The second-order valence-corrected chi connectivity index (χ2v) is 12.4. The first-order valence-electron chi connectivity index (χ1n) is 14.2.